The Hall–Kier alpha value is -0.910. The van der Waals surface area contributed by atoms with E-state index in [-0.39, 0.29) is 17.7 Å². The van der Waals surface area contributed by atoms with Crippen molar-refractivity contribution in [3.05, 3.63) is 0 Å². The van der Waals surface area contributed by atoms with Crippen LogP contribution >= 0.6 is 11.8 Å². The van der Waals surface area contributed by atoms with Gasteiger partial charge in [0.05, 0.1) is 0 Å². The average Bonchev–Trinajstić information content (AvgIpc) is 2.82. The molecular formula is C10H19N3O2S. The lowest BCUT2D eigenvalue weighted by Crippen LogP contribution is -2.38. The summed E-state index contributed by atoms with van der Waals surface area (Å²) < 4.78 is 0. The molecule has 1 heterocycles. The Labute approximate surface area is 100 Å². The smallest absolute Gasteiger partial charge is 0.226 e. The number of amides is 1. The fraction of sp³-hybridized carbons (Fsp3) is 0.800. The fourth-order valence-corrected chi connectivity index (χ4v) is 2.92. The minimum absolute atomic E-state index is 0.164. The van der Waals surface area contributed by atoms with Crippen LogP contribution in [-0.4, -0.2) is 46.4 Å². The zero-order chi connectivity index (χ0) is 12.0. The molecule has 1 rings (SSSR count). The van der Waals surface area contributed by atoms with Crippen LogP contribution in [0.5, 0.6) is 0 Å². The van der Waals surface area contributed by atoms with Crippen LogP contribution in [0.25, 0.3) is 0 Å². The van der Waals surface area contributed by atoms with E-state index in [2.05, 4.69) is 5.16 Å². The Morgan fingerprint density at radius 2 is 2.44 bits per heavy atom. The molecule has 1 aliphatic heterocycles. The molecule has 0 aromatic rings. The first-order valence-corrected chi connectivity index (χ1v) is 6.67. The van der Waals surface area contributed by atoms with Gasteiger partial charge in [0, 0.05) is 31.2 Å². The number of carbonyl (C=O) groups is 1. The molecule has 0 aromatic carbocycles. The van der Waals surface area contributed by atoms with E-state index in [1.165, 1.54) is 0 Å². The minimum atomic E-state index is 0.164. The zero-order valence-electron chi connectivity index (χ0n) is 9.56. The third kappa shape index (κ3) is 3.59. The first-order valence-electron chi connectivity index (χ1n) is 5.52. The topological polar surface area (TPSA) is 78.9 Å². The lowest BCUT2D eigenvalue weighted by molar-refractivity contribution is -0.134. The van der Waals surface area contributed by atoms with Crippen molar-refractivity contribution < 1.29 is 10.0 Å². The van der Waals surface area contributed by atoms with Gasteiger partial charge in [-0.3, -0.25) is 4.79 Å². The van der Waals surface area contributed by atoms with Gasteiger partial charge in [-0.25, -0.2) is 0 Å². The van der Waals surface area contributed by atoms with E-state index in [0.29, 0.717) is 19.5 Å². The van der Waals surface area contributed by atoms with E-state index in [9.17, 15) is 4.79 Å². The molecule has 1 fully saturated rings. The molecule has 92 valence electrons. The Bertz CT molecular complexity index is 265. The molecule has 3 N–H and O–H groups in total. The maximum absolute atomic E-state index is 12.0. The van der Waals surface area contributed by atoms with Gasteiger partial charge < -0.3 is 15.8 Å². The number of hydrogen-bond donors (Lipinski definition) is 2. The largest absolute Gasteiger partial charge is 0.409 e. The lowest BCUT2D eigenvalue weighted by Gasteiger charge is -2.23. The second-order valence-electron chi connectivity index (χ2n) is 3.82. The number of hydrogen-bond acceptors (Lipinski definition) is 4. The summed E-state index contributed by atoms with van der Waals surface area (Å²) in [6.07, 6.45) is 1.40. The number of thioether (sulfide) groups is 1. The first-order chi connectivity index (χ1) is 7.69. The Balaban J connectivity index is 2.43. The summed E-state index contributed by atoms with van der Waals surface area (Å²) in [6.45, 7) is 3.16. The summed E-state index contributed by atoms with van der Waals surface area (Å²) in [5.41, 5.74) is 5.39. The molecule has 1 amide bonds. The molecule has 1 unspecified atom stereocenters. The fourth-order valence-electron chi connectivity index (χ4n) is 1.71. The number of rotatable bonds is 5. The number of carbonyl (C=O) groups excluding carboxylic acids is 1. The van der Waals surface area contributed by atoms with E-state index in [1.54, 1.807) is 4.90 Å². The second kappa shape index (κ2) is 6.62. The molecule has 1 atom stereocenters. The van der Waals surface area contributed by atoms with Crippen LogP contribution in [0.4, 0.5) is 0 Å². The highest BCUT2D eigenvalue weighted by atomic mass is 32.2. The van der Waals surface area contributed by atoms with Crippen molar-refractivity contribution in [2.24, 2.45) is 16.8 Å². The molecule has 0 bridgehead atoms. The highest BCUT2D eigenvalue weighted by Gasteiger charge is 2.26. The van der Waals surface area contributed by atoms with Crippen LogP contribution in [0, 0.1) is 5.92 Å². The van der Waals surface area contributed by atoms with Crippen LogP contribution in [0.2, 0.25) is 0 Å². The summed E-state index contributed by atoms with van der Waals surface area (Å²) >= 11 is 1.83. The highest BCUT2D eigenvalue weighted by Crippen LogP contribution is 2.25. The van der Waals surface area contributed by atoms with Crippen molar-refractivity contribution in [2.75, 3.05) is 24.6 Å². The number of nitrogens with two attached hydrogens (primary N) is 1. The Morgan fingerprint density at radius 1 is 1.69 bits per heavy atom. The lowest BCUT2D eigenvalue weighted by atomic mass is 10.1. The maximum atomic E-state index is 12.0. The van der Waals surface area contributed by atoms with Gasteiger partial charge in [-0.1, -0.05) is 5.16 Å². The maximum Gasteiger partial charge on any atom is 0.226 e. The number of nitrogens with zero attached hydrogens (tertiary/aromatic N) is 2. The van der Waals surface area contributed by atoms with Crippen LogP contribution < -0.4 is 5.73 Å². The second-order valence-corrected chi connectivity index (χ2v) is 4.97. The average molecular weight is 245 g/mol. The van der Waals surface area contributed by atoms with Crippen molar-refractivity contribution in [1.82, 2.24) is 4.90 Å². The van der Waals surface area contributed by atoms with Crippen LogP contribution in [0.1, 0.15) is 19.8 Å². The van der Waals surface area contributed by atoms with Gasteiger partial charge in [0.15, 0.2) is 0 Å². The number of amidine groups is 1. The molecule has 0 spiro atoms. The molecule has 0 aliphatic carbocycles. The third-order valence-corrected chi connectivity index (χ3v) is 3.90. The van der Waals surface area contributed by atoms with Crippen molar-refractivity contribution in [3.63, 3.8) is 0 Å². The molecule has 16 heavy (non-hydrogen) atoms. The third-order valence-electron chi connectivity index (χ3n) is 2.74. The number of oxime groups is 1. The zero-order valence-corrected chi connectivity index (χ0v) is 10.4. The molecule has 1 saturated heterocycles. The molecule has 0 radical (unpaired) electrons. The van der Waals surface area contributed by atoms with Crippen LogP contribution in [0.3, 0.4) is 0 Å². The van der Waals surface area contributed by atoms with Gasteiger partial charge in [0.2, 0.25) is 5.91 Å². The van der Waals surface area contributed by atoms with Crippen LogP contribution in [-0.2, 0) is 4.79 Å². The monoisotopic (exact) mass is 245 g/mol. The normalized spacial score (nSPS) is 21.1. The molecule has 0 aromatic heterocycles. The van der Waals surface area contributed by atoms with Gasteiger partial charge >= 0.3 is 0 Å². The van der Waals surface area contributed by atoms with Gasteiger partial charge in [-0.15, -0.1) is 0 Å². The van der Waals surface area contributed by atoms with E-state index in [4.69, 9.17) is 10.9 Å². The van der Waals surface area contributed by atoms with E-state index in [0.717, 1.165) is 17.9 Å². The van der Waals surface area contributed by atoms with E-state index in [1.807, 2.05) is 18.7 Å². The molecule has 1 aliphatic rings. The van der Waals surface area contributed by atoms with Gasteiger partial charge in [-0.05, 0) is 19.1 Å². The summed E-state index contributed by atoms with van der Waals surface area (Å²) in [6, 6.07) is 0. The van der Waals surface area contributed by atoms with E-state index < -0.39 is 0 Å². The molecular weight excluding hydrogens is 226 g/mol. The highest BCUT2D eigenvalue weighted by molar-refractivity contribution is 7.99. The first kappa shape index (κ1) is 13.2. The van der Waals surface area contributed by atoms with Gasteiger partial charge in [-0.2, -0.15) is 11.8 Å². The molecule has 6 heteroatoms. The van der Waals surface area contributed by atoms with Gasteiger partial charge in [0.25, 0.3) is 0 Å². The summed E-state index contributed by atoms with van der Waals surface area (Å²) in [7, 11) is 0. The predicted molar refractivity (Wildman–Crippen MR) is 65.7 cm³/mol. The van der Waals surface area contributed by atoms with Crippen molar-refractivity contribution in [1.29, 1.82) is 0 Å². The van der Waals surface area contributed by atoms with Crippen molar-refractivity contribution >= 4 is 23.5 Å². The summed E-state index contributed by atoms with van der Waals surface area (Å²) in [5.74, 6) is 2.55. The van der Waals surface area contributed by atoms with Crippen LogP contribution in [0.15, 0.2) is 5.16 Å². The van der Waals surface area contributed by atoms with Gasteiger partial charge in [0.1, 0.15) is 5.84 Å². The van der Waals surface area contributed by atoms with Crippen molar-refractivity contribution in [3.8, 4) is 0 Å². The predicted octanol–water partition coefficient (Wildman–Crippen LogP) is 0.724. The van der Waals surface area contributed by atoms with E-state index >= 15 is 0 Å². The SMILES string of the molecule is CCN(CCC(N)=NO)C(=O)C1CCSC1. The Kier molecular flexibility index (Phi) is 5.45. The standard InChI is InChI=1S/C10H19N3O2S/c1-2-13(5-3-9(11)12-15)10(14)8-4-6-16-7-8/h8,15H,2-7H2,1H3,(H2,11,12). The van der Waals surface area contributed by atoms with Crippen molar-refractivity contribution in [2.45, 2.75) is 19.8 Å². The molecule has 5 nitrogen and oxygen atoms in total. The summed E-state index contributed by atoms with van der Waals surface area (Å²) in [5, 5.41) is 11.3. The quantitative estimate of drug-likeness (QED) is 0.324. The minimum Gasteiger partial charge on any atom is -0.409 e. The Morgan fingerprint density at radius 3 is 2.94 bits per heavy atom. The molecule has 0 saturated carbocycles. The summed E-state index contributed by atoms with van der Waals surface area (Å²) in [4.78, 5) is 13.8.